The van der Waals surface area contributed by atoms with Crippen LogP contribution in [0.15, 0.2) is 29.6 Å². The van der Waals surface area contributed by atoms with Crippen molar-refractivity contribution in [3.63, 3.8) is 0 Å². The number of aryl methyl sites for hydroxylation is 1. The molecule has 1 aliphatic carbocycles. The van der Waals surface area contributed by atoms with Crippen molar-refractivity contribution in [1.82, 2.24) is 9.97 Å². The number of pyridine rings is 1. The fourth-order valence-corrected chi connectivity index (χ4v) is 3.15. The highest BCUT2D eigenvalue weighted by Gasteiger charge is 2.29. The van der Waals surface area contributed by atoms with E-state index in [2.05, 4.69) is 15.1 Å². The van der Waals surface area contributed by atoms with Crippen LogP contribution in [0.25, 0.3) is 21.7 Å². The molecule has 19 heavy (non-hydrogen) atoms. The number of hydrogen-bond acceptors (Lipinski definition) is 3. The number of aromatic amines is 1. The lowest BCUT2D eigenvalue weighted by Gasteiger charge is -2.03. The highest BCUT2D eigenvalue weighted by atomic mass is 35.5. The molecule has 0 amide bonds. The minimum absolute atomic E-state index is 0.247. The summed E-state index contributed by atoms with van der Waals surface area (Å²) < 4.78 is 0. The molecule has 1 atom stereocenters. The second-order valence-corrected chi connectivity index (χ2v) is 5.28. The van der Waals surface area contributed by atoms with Crippen LogP contribution in [-0.4, -0.2) is 9.97 Å². The Kier molecular flexibility index (Phi) is 2.17. The van der Waals surface area contributed by atoms with Crippen LogP contribution in [0, 0.1) is 4.91 Å². The van der Waals surface area contributed by atoms with E-state index in [1.807, 2.05) is 24.4 Å². The molecule has 1 unspecified atom stereocenters. The van der Waals surface area contributed by atoms with E-state index in [0.717, 1.165) is 45.8 Å². The highest BCUT2D eigenvalue weighted by Crippen LogP contribution is 2.41. The maximum absolute atomic E-state index is 10.9. The molecule has 94 valence electrons. The zero-order chi connectivity index (χ0) is 13.0. The highest BCUT2D eigenvalue weighted by molar-refractivity contribution is 6.30. The van der Waals surface area contributed by atoms with Crippen molar-refractivity contribution < 1.29 is 0 Å². The van der Waals surface area contributed by atoms with Gasteiger partial charge in [0, 0.05) is 33.6 Å². The summed E-state index contributed by atoms with van der Waals surface area (Å²) in [5.74, 6) is 0. The normalized spacial score (nSPS) is 18.1. The van der Waals surface area contributed by atoms with Crippen molar-refractivity contribution in [2.24, 2.45) is 5.18 Å². The number of benzene rings is 1. The first kappa shape index (κ1) is 10.9. The lowest BCUT2D eigenvalue weighted by molar-refractivity contribution is 0.711. The molecule has 2 heterocycles. The van der Waals surface area contributed by atoms with Gasteiger partial charge in [-0.3, -0.25) is 4.98 Å². The van der Waals surface area contributed by atoms with Crippen molar-refractivity contribution in [1.29, 1.82) is 0 Å². The van der Waals surface area contributed by atoms with Gasteiger partial charge in [-0.15, -0.1) is 0 Å². The summed E-state index contributed by atoms with van der Waals surface area (Å²) in [7, 11) is 0. The van der Waals surface area contributed by atoms with E-state index in [-0.39, 0.29) is 6.04 Å². The van der Waals surface area contributed by atoms with Gasteiger partial charge >= 0.3 is 0 Å². The van der Waals surface area contributed by atoms with Crippen molar-refractivity contribution in [3.8, 4) is 0 Å². The third-order valence-electron chi connectivity index (χ3n) is 3.85. The summed E-state index contributed by atoms with van der Waals surface area (Å²) >= 11 is 6.02. The van der Waals surface area contributed by atoms with E-state index in [1.54, 1.807) is 0 Å². The average molecular weight is 272 g/mol. The molecule has 0 bridgehead atoms. The molecular weight excluding hydrogens is 262 g/mol. The van der Waals surface area contributed by atoms with Crippen LogP contribution in [0.3, 0.4) is 0 Å². The zero-order valence-electron chi connectivity index (χ0n) is 9.98. The van der Waals surface area contributed by atoms with Crippen LogP contribution < -0.4 is 0 Å². The number of rotatable bonds is 1. The Balaban J connectivity index is 2.13. The molecule has 0 radical (unpaired) electrons. The number of hydrogen-bond donors (Lipinski definition) is 1. The molecule has 0 aliphatic heterocycles. The molecule has 4 nitrogen and oxygen atoms in total. The van der Waals surface area contributed by atoms with Gasteiger partial charge in [0.25, 0.3) is 0 Å². The maximum Gasteiger partial charge on any atom is 0.120 e. The molecule has 1 aliphatic rings. The van der Waals surface area contributed by atoms with Gasteiger partial charge < -0.3 is 4.98 Å². The lowest BCUT2D eigenvalue weighted by Crippen LogP contribution is -1.87. The molecule has 1 aromatic carbocycles. The Morgan fingerprint density at radius 3 is 3.11 bits per heavy atom. The molecule has 0 fully saturated rings. The minimum atomic E-state index is -0.247. The first-order chi connectivity index (χ1) is 9.28. The van der Waals surface area contributed by atoms with Gasteiger partial charge in [0.2, 0.25) is 0 Å². The van der Waals surface area contributed by atoms with E-state index in [4.69, 9.17) is 11.6 Å². The molecular formula is C14H10ClN3O. The largest absolute Gasteiger partial charge is 0.352 e. The monoisotopic (exact) mass is 271 g/mol. The number of nitroso groups, excluding NO2 is 1. The summed E-state index contributed by atoms with van der Waals surface area (Å²) in [6.07, 6.45) is 3.47. The summed E-state index contributed by atoms with van der Waals surface area (Å²) in [6.45, 7) is 0. The molecule has 0 saturated carbocycles. The van der Waals surface area contributed by atoms with E-state index >= 15 is 0 Å². The van der Waals surface area contributed by atoms with Crippen LogP contribution in [-0.2, 0) is 6.42 Å². The fraction of sp³-hybridized carbons (Fsp3) is 0.214. The third-order valence-corrected chi connectivity index (χ3v) is 4.07. The summed E-state index contributed by atoms with van der Waals surface area (Å²) in [5.41, 5.74) is 2.94. The Bertz CT molecular complexity index is 824. The van der Waals surface area contributed by atoms with Crippen molar-refractivity contribution in [2.75, 3.05) is 0 Å². The topological polar surface area (TPSA) is 58.1 Å². The van der Waals surface area contributed by atoms with Gasteiger partial charge in [-0.1, -0.05) is 28.9 Å². The van der Waals surface area contributed by atoms with Crippen LogP contribution in [0.2, 0.25) is 5.15 Å². The predicted octanol–water partition coefficient (Wildman–Crippen LogP) is 4.12. The van der Waals surface area contributed by atoms with Crippen LogP contribution in [0.4, 0.5) is 0 Å². The van der Waals surface area contributed by atoms with E-state index in [1.165, 1.54) is 0 Å². The van der Waals surface area contributed by atoms with Crippen molar-refractivity contribution >= 4 is 33.3 Å². The zero-order valence-corrected chi connectivity index (χ0v) is 10.7. The average Bonchev–Trinajstić information content (AvgIpc) is 2.97. The van der Waals surface area contributed by atoms with E-state index in [9.17, 15) is 4.91 Å². The Morgan fingerprint density at radius 2 is 2.26 bits per heavy atom. The van der Waals surface area contributed by atoms with E-state index < -0.39 is 0 Å². The van der Waals surface area contributed by atoms with Gasteiger partial charge in [-0.05, 0) is 18.9 Å². The summed E-state index contributed by atoms with van der Waals surface area (Å²) in [5, 5.41) is 6.91. The first-order valence-electron chi connectivity index (χ1n) is 6.19. The van der Waals surface area contributed by atoms with Crippen LogP contribution >= 0.6 is 11.6 Å². The number of aromatic nitrogens is 2. The molecule has 5 heteroatoms. The number of nitrogens with zero attached hydrogens (tertiary/aromatic N) is 2. The smallest absolute Gasteiger partial charge is 0.120 e. The molecule has 1 N–H and O–H groups in total. The van der Waals surface area contributed by atoms with Gasteiger partial charge in [0.15, 0.2) is 0 Å². The summed E-state index contributed by atoms with van der Waals surface area (Å²) in [6, 6.07) is 5.68. The van der Waals surface area contributed by atoms with Gasteiger partial charge in [0.05, 0.1) is 5.52 Å². The van der Waals surface area contributed by atoms with E-state index in [0.29, 0.717) is 5.15 Å². The fourth-order valence-electron chi connectivity index (χ4n) is 2.99. The van der Waals surface area contributed by atoms with Gasteiger partial charge in [-0.2, -0.15) is 4.91 Å². The second kappa shape index (κ2) is 3.78. The van der Waals surface area contributed by atoms with Crippen molar-refractivity contribution in [2.45, 2.75) is 18.9 Å². The number of H-pyrrole nitrogens is 1. The molecule has 0 saturated heterocycles. The van der Waals surface area contributed by atoms with Gasteiger partial charge in [0.1, 0.15) is 11.2 Å². The number of fused-ring (bicyclic) bond motifs is 5. The quantitative estimate of drug-likeness (QED) is 0.534. The Labute approximate surface area is 113 Å². The van der Waals surface area contributed by atoms with Crippen LogP contribution in [0.5, 0.6) is 0 Å². The standard InChI is InChI=1S/C14H10ClN3O/c15-12-5-9-7(6-16-12)1-2-8-13-10(17-14(8)9)3-4-11(13)18-19/h1-2,5-6,11,16H,3-4H2. The Morgan fingerprint density at radius 1 is 1.37 bits per heavy atom. The summed E-state index contributed by atoms with van der Waals surface area (Å²) in [4.78, 5) is 18.6. The predicted molar refractivity (Wildman–Crippen MR) is 75.5 cm³/mol. The Hall–Kier alpha value is -1.94. The lowest BCUT2D eigenvalue weighted by atomic mass is 10.0. The van der Waals surface area contributed by atoms with Gasteiger partial charge in [-0.25, -0.2) is 0 Å². The number of nitrogens with one attached hydrogen (secondary N) is 1. The molecule has 3 aromatic rings. The van der Waals surface area contributed by atoms with Crippen molar-refractivity contribution in [3.05, 3.63) is 45.7 Å². The molecule has 0 spiro atoms. The van der Waals surface area contributed by atoms with Crippen LogP contribution in [0.1, 0.15) is 23.7 Å². The second-order valence-electron chi connectivity index (χ2n) is 4.88. The minimum Gasteiger partial charge on any atom is -0.352 e. The SMILES string of the molecule is O=NC1CCc2nc3c(ccc4c[nH]c(Cl)cc43)c21. The maximum atomic E-state index is 10.9. The number of halogens is 1. The molecule has 2 aromatic heterocycles. The third kappa shape index (κ3) is 1.43. The first-order valence-corrected chi connectivity index (χ1v) is 6.57. The molecule has 4 rings (SSSR count).